The third kappa shape index (κ3) is 6.81. The van der Waals surface area contributed by atoms with E-state index in [2.05, 4.69) is 15.6 Å². The van der Waals surface area contributed by atoms with Gasteiger partial charge < -0.3 is 15.7 Å². The molecule has 39 heavy (non-hydrogen) atoms. The zero-order valence-electron chi connectivity index (χ0n) is 19.2. The van der Waals surface area contributed by atoms with Gasteiger partial charge in [-0.15, -0.1) is 23.1 Å². The van der Waals surface area contributed by atoms with E-state index in [1.165, 1.54) is 23.1 Å². The van der Waals surface area contributed by atoms with Crippen LogP contribution in [-0.2, 0) is 4.79 Å². The van der Waals surface area contributed by atoms with E-state index in [0.717, 1.165) is 5.56 Å². The third-order valence-electron chi connectivity index (χ3n) is 5.07. The number of benzene rings is 3. The number of carbonyl (C=O) groups excluding carboxylic acids is 2. The average Bonchev–Trinajstić information content (AvgIpc) is 3.36. The van der Waals surface area contributed by atoms with E-state index in [0.29, 0.717) is 26.4 Å². The van der Waals surface area contributed by atoms with Crippen molar-refractivity contribution in [1.29, 1.82) is 0 Å². The lowest BCUT2D eigenvalue weighted by Gasteiger charge is -2.14. The molecule has 7 nitrogen and oxygen atoms in total. The minimum atomic E-state index is -1.50. The van der Waals surface area contributed by atoms with Crippen molar-refractivity contribution in [3.05, 3.63) is 90.2 Å². The summed E-state index contributed by atoms with van der Waals surface area (Å²) in [5, 5.41) is 16.4. The molecule has 0 saturated carbocycles. The zero-order valence-corrected chi connectivity index (χ0v) is 24.6. The van der Waals surface area contributed by atoms with Gasteiger partial charge in [-0.1, -0.05) is 82.3 Å². The minimum absolute atomic E-state index is 0.0653. The van der Waals surface area contributed by atoms with Gasteiger partial charge >= 0.3 is 5.97 Å². The summed E-state index contributed by atoms with van der Waals surface area (Å²) in [6.45, 7) is 0. The lowest BCUT2D eigenvalue weighted by molar-refractivity contribution is -0.113. The number of nitrogens with zero attached hydrogens (tertiary/aromatic N) is 1. The summed E-state index contributed by atoms with van der Waals surface area (Å²) in [6.07, 6.45) is 0. The van der Waals surface area contributed by atoms with E-state index in [1.54, 1.807) is 35.7 Å². The van der Waals surface area contributed by atoms with Crippen molar-refractivity contribution >= 4 is 110 Å². The molecule has 0 aliphatic heterocycles. The molecule has 2 amide bonds. The Morgan fingerprint density at radius 1 is 0.872 bits per heavy atom. The number of anilines is 2. The lowest BCUT2D eigenvalue weighted by Crippen LogP contribution is -2.18. The molecule has 200 valence electrons. The first-order valence-corrected chi connectivity index (χ1v) is 14.5. The van der Waals surface area contributed by atoms with Gasteiger partial charge in [0.25, 0.3) is 5.91 Å². The van der Waals surface area contributed by atoms with Crippen LogP contribution in [0, 0.1) is 0 Å². The molecule has 0 aliphatic rings. The van der Waals surface area contributed by atoms with Crippen LogP contribution < -0.4 is 10.6 Å². The fourth-order valence-electron chi connectivity index (χ4n) is 3.33. The van der Waals surface area contributed by atoms with Crippen LogP contribution in [0.5, 0.6) is 0 Å². The van der Waals surface area contributed by atoms with Crippen LogP contribution in [0.25, 0.3) is 11.3 Å². The molecule has 14 heteroatoms. The number of thiazole rings is 1. The van der Waals surface area contributed by atoms with Crippen molar-refractivity contribution in [2.45, 2.75) is 4.90 Å². The molecule has 0 spiro atoms. The number of thioether (sulfide) groups is 1. The number of hydrogen-bond donors (Lipinski definition) is 3. The molecule has 1 heterocycles. The summed E-state index contributed by atoms with van der Waals surface area (Å²) in [5.41, 5.74) is 0.746. The summed E-state index contributed by atoms with van der Waals surface area (Å²) >= 11 is 32.9. The van der Waals surface area contributed by atoms with E-state index < -0.39 is 28.0 Å². The molecule has 4 aromatic rings. The molecule has 3 N–H and O–H groups in total. The van der Waals surface area contributed by atoms with Crippen molar-refractivity contribution in [2.24, 2.45) is 0 Å². The molecule has 0 aliphatic carbocycles. The van der Waals surface area contributed by atoms with Crippen LogP contribution in [0.15, 0.2) is 58.8 Å². The molecular formula is C25H14Cl5N3O4S2. The number of carbonyl (C=O) groups is 3. The van der Waals surface area contributed by atoms with E-state index in [4.69, 9.17) is 58.0 Å². The summed E-state index contributed by atoms with van der Waals surface area (Å²) < 4.78 is 0. The number of rotatable bonds is 8. The standard InChI is InChI=1S/C25H14Cl5N3O4S2/c26-14-7-2-1-6-13(14)15-9-39-25(32-15)33-16(34)10-38-12-5-3-4-11(8-12)31-23(35)17-18(24(36)37)20(28)22(30)21(29)19(17)27/h1-9H,10H2,(H,31,35)(H,36,37)(H,32,33,34). The first-order valence-electron chi connectivity index (χ1n) is 10.7. The summed E-state index contributed by atoms with van der Waals surface area (Å²) in [4.78, 5) is 42.3. The van der Waals surface area contributed by atoms with E-state index in [1.807, 2.05) is 18.2 Å². The fourth-order valence-corrected chi connectivity index (χ4v) is 6.06. The highest BCUT2D eigenvalue weighted by Gasteiger charge is 2.29. The second kappa shape index (κ2) is 12.8. The maximum absolute atomic E-state index is 13.0. The van der Waals surface area contributed by atoms with Gasteiger partial charge in [-0.25, -0.2) is 9.78 Å². The van der Waals surface area contributed by atoms with Gasteiger partial charge in [0.05, 0.1) is 42.7 Å². The Labute approximate surface area is 255 Å². The quantitative estimate of drug-likeness (QED) is 0.0990. The highest BCUT2D eigenvalue weighted by molar-refractivity contribution is 8.00. The zero-order chi connectivity index (χ0) is 28.3. The van der Waals surface area contributed by atoms with E-state index in [-0.39, 0.29) is 26.7 Å². The number of hydrogen-bond acceptors (Lipinski definition) is 6. The third-order valence-corrected chi connectivity index (χ3v) is 8.95. The van der Waals surface area contributed by atoms with Crippen molar-refractivity contribution in [2.75, 3.05) is 16.4 Å². The van der Waals surface area contributed by atoms with Crippen LogP contribution in [0.1, 0.15) is 20.7 Å². The van der Waals surface area contributed by atoms with Crippen molar-refractivity contribution in [3.8, 4) is 11.3 Å². The Bertz CT molecular complexity index is 1610. The summed E-state index contributed by atoms with van der Waals surface area (Å²) in [7, 11) is 0. The number of nitrogens with one attached hydrogen (secondary N) is 2. The number of carboxylic acids is 1. The van der Waals surface area contributed by atoms with Gasteiger partial charge in [-0.3, -0.25) is 9.59 Å². The molecule has 0 radical (unpaired) electrons. The molecule has 0 bridgehead atoms. The van der Waals surface area contributed by atoms with Gasteiger partial charge in [0.2, 0.25) is 5.91 Å². The van der Waals surface area contributed by atoms with Crippen LogP contribution >= 0.6 is 81.1 Å². The molecule has 0 unspecified atom stereocenters. The first kappa shape index (κ1) is 29.5. The molecule has 0 saturated heterocycles. The number of carboxylic acid groups (broad SMARTS) is 1. The fraction of sp³-hybridized carbons (Fsp3) is 0.0400. The Balaban J connectivity index is 1.42. The predicted molar refractivity (Wildman–Crippen MR) is 160 cm³/mol. The summed E-state index contributed by atoms with van der Waals surface area (Å²) in [5.74, 6) is -2.57. The van der Waals surface area contributed by atoms with Gasteiger partial charge in [0, 0.05) is 26.5 Å². The maximum atomic E-state index is 13.0. The van der Waals surface area contributed by atoms with Crippen LogP contribution in [-0.4, -0.2) is 33.6 Å². The van der Waals surface area contributed by atoms with Gasteiger partial charge in [-0.2, -0.15) is 0 Å². The van der Waals surface area contributed by atoms with Crippen molar-refractivity contribution in [3.63, 3.8) is 0 Å². The molecular weight excluding hydrogens is 648 g/mol. The number of amides is 2. The second-order valence-electron chi connectivity index (χ2n) is 7.65. The molecule has 0 atom stereocenters. The number of halogens is 5. The monoisotopic (exact) mass is 659 g/mol. The average molecular weight is 662 g/mol. The van der Waals surface area contributed by atoms with Gasteiger partial charge in [0.1, 0.15) is 0 Å². The van der Waals surface area contributed by atoms with E-state index >= 15 is 0 Å². The number of aromatic carboxylic acids is 1. The lowest BCUT2D eigenvalue weighted by atomic mass is 10.1. The largest absolute Gasteiger partial charge is 0.478 e. The minimum Gasteiger partial charge on any atom is -0.478 e. The molecule has 4 rings (SSSR count). The van der Waals surface area contributed by atoms with Crippen LogP contribution in [0.4, 0.5) is 10.8 Å². The second-order valence-corrected chi connectivity index (χ2v) is 11.5. The molecule has 0 fully saturated rings. The smallest absolute Gasteiger partial charge is 0.338 e. The Morgan fingerprint density at radius 2 is 1.56 bits per heavy atom. The van der Waals surface area contributed by atoms with Gasteiger partial charge in [0.15, 0.2) is 5.13 Å². The normalized spacial score (nSPS) is 10.8. The SMILES string of the molecule is O=C(CSc1cccc(NC(=O)c2c(Cl)c(Cl)c(Cl)c(Cl)c2C(=O)O)c1)Nc1nc(-c2ccccc2Cl)cs1. The Hall–Kier alpha value is -2.50. The highest BCUT2D eigenvalue weighted by Crippen LogP contribution is 2.42. The predicted octanol–water partition coefficient (Wildman–Crippen LogP) is 8.76. The first-order chi connectivity index (χ1) is 18.6. The molecule has 3 aromatic carbocycles. The Morgan fingerprint density at radius 3 is 2.26 bits per heavy atom. The van der Waals surface area contributed by atoms with Crippen LogP contribution in [0.2, 0.25) is 25.1 Å². The molecule has 1 aromatic heterocycles. The van der Waals surface area contributed by atoms with Crippen molar-refractivity contribution in [1.82, 2.24) is 4.98 Å². The van der Waals surface area contributed by atoms with E-state index in [9.17, 15) is 19.5 Å². The van der Waals surface area contributed by atoms with Crippen molar-refractivity contribution < 1.29 is 19.5 Å². The topological polar surface area (TPSA) is 108 Å². The van der Waals surface area contributed by atoms with Crippen LogP contribution in [0.3, 0.4) is 0 Å². The number of aromatic nitrogens is 1. The maximum Gasteiger partial charge on any atom is 0.338 e. The van der Waals surface area contributed by atoms with Gasteiger partial charge in [-0.05, 0) is 24.3 Å². The highest BCUT2D eigenvalue weighted by atomic mass is 35.5. The summed E-state index contributed by atoms with van der Waals surface area (Å²) in [6, 6.07) is 13.9. The Kier molecular flexibility index (Phi) is 9.66.